The van der Waals surface area contributed by atoms with Crippen LogP contribution in [0, 0.1) is 0 Å². The van der Waals surface area contributed by atoms with Crippen LogP contribution < -0.4 is 5.32 Å². The molecule has 1 aromatic rings. The lowest BCUT2D eigenvalue weighted by atomic mass is 10.2. The number of rotatable bonds is 9. The number of nitrogens with one attached hydrogen (secondary N) is 1. The van der Waals surface area contributed by atoms with Crippen molar-refractivity contribution in [3.8, 4) is 0 Å². The summed E-state index contributed by atoms with van der Waals surface area (Å²) in [5.74, 6) is -1.19. The molecule has 8 heteroatoms. The van der Waals surface area contributed by atoms with Crippen LogP contribution in [0.15, 0.2) is 30.3 Å². The van der Waals surface area contributed by atoms with Gasteiger partial charge in [-0.2, -0.15) is 0 Å². The van der Waals surface area contributed by atoms with Crippen molar-refractivity contribution in [3.05, 3.63) is 35.9 Å². The molecule has 1 unspecified atom stereocenters. The summed E-state index contributed by atoms with van der Waals surface area (Å²) < 4.78 is 27.5. The van der Waals surface area contributed by atoms with Gasteiger partial charge in [0, 0.05) is 5.56 Å². The molecule has 1 N–H and O–H groups in total. The third-order valence-electron chi connectivity index (χ3n) is 2.88. The maximum atomic E-state index is 12.6. The van der Waals surface area contributed by atoms with E-state index in [-0.39, 0.29) is 19.4 Å². The van der Waals surface area contributed by atoms with Crippen LogP contribution in [0.3, 0.4) is 0 Å². The Bertz CT molecular complexity index is 552. The van der Waals surface area contributed by atoms with Crippen molar-refractivity contribution < 1.29 is 27.9 Å². The van der Waals surface area contributed by atoms with Gasteiger partial charge in [-0.15, -0.1) is 0 Å². The van der Waals surface area contributed by atoms with Crippen LogP contribution in [0.25, 0.3) is 0 Å². The number of amides is 1. The first-order valence-corrected chi connectivity index (χ1v) is 9.00. The predicted molar refractivity (Wildman–Crippen MR) is 85.4 cm³/mol. The highest BCUT2D eigenvalue weighted by molar-refractivity contribution is 7.54. The van der Waals surface area contributed by atoms with Gasteiger partial charge >= 0.3 is 13.6 Å². The van der Waals surface area contributed by atoms with Gasteiger partial charge in [-0.3, -0.25) is 9.36 Å². The second kappa shape index (κ2) is 9.45. The van der Waals surface area contributed by atoms with Crippen LogP contribution in [0.5, 0.6) is 0 Å². The van der Waals surface area contributed by atoms with Crippen molar-refractivity contribution in [1.29, 1.82) is 0 Å². The smallest absolute Gasteiger partial charge is 0.333 e. The molecular formula is C15H22NO6P. The van der Waals surface area contributed by atoms with E-state index in [1.807, 2.05) is 0 Å². The summed E-state index contributed by atoms with van der Waals surface area (Å²) in [7, 11) is -2.32. The molecule has 0 saturated carbocycles. The topological polar surface area (TPSA) is 90.9 Å². The Morgan fingerprint density at radius 1 is 1.13 bits per heavy atom. The van der Waals surface area contributed by atoms with E-state index in [1.54, 1.807) is 44.2 Å². The van der Waals surface area contributed by atoms with Crippen molar-refractivity contribution in [2.24, 2.45) is 0 Å². The van der Waals surface area contributed by atoms with Crippen molar-refractivity contribution in [2.75, 3.05) is 26.5 Å². The van der Waals surface area contributed by atoms with Crippen LogP contribution in [0.1, 0.15) is 24.2 Å². The summed E-state index contributed by atoms with van der Waals surface area (Å²) in [6, 6.07) is 7.26. The number of hydrogen-bond acceptors (Lipinski definition) is 6. The zero-order valence-corrected chi connectivity index (χ0v) is 14.4. The maximum Gasteiger partial charge on any atom is 0.333 e. The van der Waals surface area contributed by atoms with Crippen LogP contribution in [-0.2, 0) is 23.1 Å². The second-order valence-electron chi connectivity index (χ2n) is 4.54. The number of esters is 1. The van der Waals surface area contributed by atoms with E-state index >= 15 is 0 Å². The molecule has 0 bridgehead atoms. The number of carbonyl (C=O) groups is 2. The van der Waals surface area contributed by atoms with Crippen molar-refractivity contribution in [3.63, 3.8) is 0 Å². The van der Waals surface area contributed by atoms with Crippen LogP contribution in [0.4, 0.5) is 0 Å². The van der Waals surface area contributed by atoms with Gasteiger partial charge in [0.1, 0.15) is 6.04 Å². The van der Waals surface area contributed by atoms with Gasteiger partial charge in [-0.05, 0) is 26.0 Å². The van der Waals surface area contributed by atoms with E-state index in [2.05, 4.69) is 10.1 Å². The van der Waals surface area contributed by atoms with Crippen molar-refractivity contribution in [1.82, 2.24) is 5.32 Å². The highest BCUT2D eigenvalue weighted by atomic mass is 31.2. The maximum absolute atomic E-state index is 12.6. The lowest BCUT2D eigenvalue weighted by molar-refractivity contribution is -0.142. The lowest BCUT2D eigenvalue weighted by Crippen LogP contribution is -2.44. The van der Waals surface area contributed by atoms with Gasteiger partial charge < -0.3 is 19.1 Å². The number of benzene rings is 1. The number of carbonyl (C=O) groups excluding carboxylic acids is 2. The Balaban J connectivity index is 2.90. The number of ether oxygens (including phenoxy) is 1. The minimum Gasteiger partial charge on any atom is -0.467 e. The quantitative estimate of drug-likeness (QED) is 0.546. The summed E-state index contributed by atoms with van der Waals surface area (Å²) in [4.78, 5) is 24.1. The fourth-order valence-electron chi connectivity index (χ4n) is 1.91. The summed E-state index contributed by atoms with van der Waals surface area (Å²) in [6.07, 6.45) is -0.292. The standard InChI is InChI=1S/C15H22NO6P/c1-4-21-23(19,22-5-2)11-13(15(18)20-3)16-14(17)12-9-7-6-8-10-12/h6-10,13H,4-5,11H2,1-3H3,(H,16,17). The predicted octanol–water partition coefficient (Wildman–Crippen LogP) is 2.22. The summed E-state index contributed by atoms with van der Waals surface area (Å²) in [5.41, 5.74) is 0.379. The molecule has 1 amide bonds. The third kappa shape index (κ3) is 6.14. The Morgan fingerprint density at radius 2 is 1.70 bits per heavy atom. The van der Waals surface area contributed by atoms with Gasteiger partial charge in [0.2, 0.25) is 0 Å². The molecule has 0 aliphatic rings. The zero-order chi connectivity index (χ0) is 17.3. The van der Waals surface area contributed by atoms with Gasteiger partial charge in [-0.1, -0.05) is 18.2 Å². The lowest BCUT2D eigenvalue weighted by Gasteiger charge is -2.22. The minimum absolute atomic E-state index is 0.164. The summed E-state index contributed by atoms with van der Waals surface area (Å²) in [5, 5.41) is 2.51. The van der Waals surface area contributed by atoms with E-state index in [0.717, 1.165) is 0 Å². The van der Waals surface area contributed by atoms with Gasteiger partial charge in [-0.25, -0.2) is 4.79 Å². The molecule has 0 saturated heterocycles. The molecule has 0 radical (unpaired) electrons. The van der Waals surface area contributed by atoms with Crippen molar-refractivity contribution in [2.45, 2.75) is 19.9 Å². The molecule has 0 aromatic heterocycles. The largest absolute Gasteiger partial charge is 0.467 e. The molecular weight excluding hydrogens is 321 g/mol. The molecule has 0 heterocycles. The fourth-order valence-corrected chi connectivity index (χ4v) is 3.67. The fraction of sp³-hybridized carbons (Fsp3) is 0.467. The van der Waals surface area contributed by atoms with E-state index in [4.69, 9.17) is 9.05 Å². The molecule has 0 aliphatic carbocycles. The van der Waals surface area contributed by atoms with Gasteiger partial charge in [0.25, 0.3) is 5.91 Å². The number of hydrogen-bond donors (Lipinski definition) is 1. The summed E-state index contributed by atoms with van der Waals surface area (Å²) >= 11 is 0. The SMILES string of the molecule is CCOP(=O)(CC(NC(=O)c1ccccc1)C(=O)OC)OCC. The van der Waals surface area contributed by atoms with Gasteiger partial charge in [0.15, 0.2) is 0 Å². The highest BCUT2D eigenvalue weighted by Crippen LogP contribution is 2.48. The van der Waals surface area contributed by atoms with E-state index in [0.29, 0.717) is 5.56 Å². The van der Waals surface area contributed by atoms with E-state index in [1.165, 1.54) is 7.11 Å². The Hall–Kier alpha value is -1.69. The second-order valence-corrected chi connectivity index (χ2v) is 6.65. The molecule has 1 atom stereocenters. The number of methoxy groups -OCH3 is 1. The Morgan fingerprint density at radius 3 is 2.17 bits per heavy atom. The Kier molecular flexibility index (Phi) is 7.95. The van der Waals surface area contributed by atoms with E-state index < -0.39 is 25.5 Å². The minimum atomic E-state index is -3.51. The molecule has 0 fully saturated rings. The molecule has 23 heavy (non-hydrogen) atoms. The third-order valence-corrected chi connectivity index (χ3v) is 5.00. The van der Waals surface area contributed by atoms with Gasteiger partial charge in [0.05, 0.1) is 26.5 Å². The van der Waals surface area contributed by atoms with Crippen LogP contribution in [-0.4, -0.2) is 44.4 Å². The first-order chi connectivity index (χ1) is 11.0. The summed E-state index contributed by atoms with van der Waals surface area (Å²) in [6.45, 7) is 3.67. The Labute approximate surface area is 135 Å². The molecule has 128 valence electrons. The zero-order valence-electron chi connectivity index (χ0n) is 13.5. The monoisotopic (exact) mass is 343 g/mol. The van der Waals surface area contributed by atoms with E-state index in [9.17, 15) is 14.2 Å². The highest BCUT2D eigenvalue weighted by Gasteiger charge is 2.34. The first-order valence-electron chi connectivity index (χ1n) is 7.27. The molecule has 0 aliphatic heterocycles. The van der Waals surface area contributed by atoms with Crippen LogP contribution >= 0.6 is 7.60 Å². The normalized spacial score (nSPS) is 12.5. The molecule has 1 rings (SSSR count). The van der Waals surface area contributed by atoms with Crippen molar-refractivity contribution >= 4 is 19.5 Å². The average Bonchev–Trinajstić information content (AvgIpc) is 2.54. The average molecular weight is 343 g/mol. The molecule has 1 aromatic carbocycles. The first kappa shape index (κ1) is 19.4. The van der Waals surface area contributed by atoms with Crippen LogP contribution in [0.2, 0.25) is 0 Å². The molecule has 0 spiro atoms. The molecule has 7 nitrogen and oxygen atoms in total.